The zero-order chi connectivity index (χ0) is 9.03. The first-order chi connectivity index (χ1) is 5.58. The van der Waals surface area contributed by atoms with Crippen molar-refractivity contribution in [2.45, 2.75) is 25.7 Å². The Balaban J connectivity index is 2.10. The molecule has 1 aliphatic rings. The van der Waals surface area contributed by atoms with Crippen molar-refractivity contribution in [3.8, 4) is 0 Å². The second kappa shape index (κ2) is 4.21. The third kappa shape index (κ3) is 4.04. The van der Waals surface area contributed by atoms with Gasteiger partial charge in [-0.1, -0.05) is 24.3 Å². The molecule has 0 spiro atoms. The molecule has 0 saturated heterocycles. The molecule has 0 radical (unpaired) electrons. The van der Waals surface area contributed by atoms with E-state index in [4.69, 9.17) is 4.12 Å². The maximum atomic E-state index is 5.90. The van der Waals surface area contributed by atoms with Crippen LogP contribution in [0.3, 0.4) is 0 Å². The highest BCUT2D eigenvalue weighted by Gasteiger charge is 2.14. The maximum absolute atomic E-state index is 5.90. The minimum absolute atomic E-state index is 0.263. The maximum Gasteiger partial charge on any atom is 0.169 e. The van der Waals surface area contributed by atoms with Crippen LogP contribution in [0.15, 0.2) is 24.3 Å². The summed E-state index contributed by atoms with van der Waals surface area (Å²) in [5, 5.41) is 0. The van der Waals surface area contributed by atoms with E-state index in [1.807, 2.05) is 0 Å². The Morgan fingerprint density at radius 1 is 1.25 bits per heavy atom. The number of rotatable bonds is 4. The van der Waals surface area contributed by atoms with Crippen molar-refractivity contribution in [2.24, 2.45) is 5.92 Å². The molecule has 0 aliphatic heterocycles. The lowest BCUT2D eigenvalue weighted by molar-refractivity contribution is 0.589. The molecule has 0 amide bonds. The monoisotopic (exact) mass is 198 g/mol. The van der Waals surface area contributed by atoms with E-state index in [0.717, 1.165) is 0 Å². The van der Waals surface area contributed by atoms with Gasteiger partial charge in [0, 0.05) is 0 Å². The molecule has 0 heterocycles. The van der Waals surface area contributed by atoms with Crippen LogP contribution in [0.2, 0.25) is 25.7 Å². The van der Waals surface area contributed by atoms with Crippen molar-refractivity contribution < 1.29 is 4.12 Å². The molecule has 0 fully saturated rings. The smallest absolute Gasteiger partial charge is 0.169 e. The van der Waals surface area contributed by atoms with E-state index >= 15 is 0 Å². The lowest BCUT2D eigenvalue weighted by Gasteiger charge is -2.18. The van der Waals surface area contributed by atoms with Gasteiger partial charge in [-0.05, 0) is 31.6 Å². The summed E-state index contributed by atoms with van der Waals surface area (Å²) in [6.45, 7) is 6.79. The van der Waals surface area contributed by atoms with Gasteiger partial charge in [0.05, 0.1) is 0 Å². The van der Waals surface area contributed by atoms with Crippen molar-refractivity contribution in [2.75, 3.05) is 0 Å². The van der Waals surface area contributed by atoms with Gasteiger partial charge < -0.3 is 4.12 Å². The number of hydrogen-bond donors (Lipinski definition) is 0. The molecule has 1 nitrogen and oxygen atoms in total. The van der Waals surface area contributed by atoms with Crippen molar-refractivity contribution in [1.82, 2.24) is 0 Å². The van der Waals surface area contributed by atoms with Crippen LogP contribution in [0.1, 0.15) is 0 Å². The lowest BCUT2D eigenvalue weighted by Crippen LogP contribution is -2.27. The van der Waals surface area contributed by atoms with Crippen LogP contribution in [0.5, 0.6) is 0 Å². The molecule has 12 heavy (non-hydrogen) atoms. The van der Waals surface area contributed by atoms with Crippen molar-refractivity contribution in [1.29, 1.82) is 0 Å². The standard InChI is InChI=1S/C9H18OSi2/c1-12(2,3)10-11-8-9-6-4-5-7-9/h4-7,9H,8,11H2,1-3H3. The van der Waals surface area contributed by atoms with E-state index in [2.05, 4.69) is 43.9 Å². The van der Waals surface area contributed by atoms with Gasteiger partial charge in [0.1, 0.15) is 9.76 Å². The number of allylic oxidation sites excluding steroid dienone is 4. The molecule has 0 unspecified atom stereocenters. The van der Waals surface area contributed by atoms with Gasteiger partial charge in [0.2, 0.25) is 0 Å². The summed E-state index contributed by atoms with van der Waals surface area (Å²) in [5.74, 6) is 0.688. The Labute approximate surface area is 78.6 Å². The Bertz CT molecular complexity index is 179. The van der Waals surface area contributed by atoms with Gasteiger partial charge in [-0.3, -0.25) is 0 Å². The Hall–Kier alpha value is -0.126. The average molecular weight is 198 g/mol. The Morgan fingerprint density at radius 2 is 1.83 bits per heavy atom. The first-order valence-corrected chi connectivity index (χ1v) is 9.55. The topological polar surface area (TPSA) is 9.23 Å². The van der Waals surface area contributed by atoms with Crippen LogP contribution in [-0.2, 0) is 4.12 Å². The molecular weight excluding hydrogens is 180 g/mol. The highest BCUT2D eigenvalue weighted by molar-refractivity contribution is 6.73. The van der Waals surface area contributed by atoms with Gasteiger partial charge in [0.15, 0.2) is 8.32 Å². The highest BCUT2D eigenvalue weighted by atomic mass is 28.4. The molecule has 0 N–H and O–H groups in total. The van der Waals surface area contributed by atoms with Crippen LogP contribution < -0.4 is 0 Å². The minimum Gasteiger partial charge on any atom is -0.461 e. The van der Waals surface area contributed by atoms with E-state index in [-0.39, 0.29) is 9.76 Å². The summed E-state index contributed by atoms with van der Waals surface area (Å²) >= 11 is 0. The summed E-state index contributed by atoms with van der Waals surface area (Å²) in [4.78, 5) is 0. The zero-order valence-electron chi connectivity index (χ0n) is 8.21. The van der Waals surface area contributed by atoms with Gasteiger partial charge in [-0.15, -0.1) is 0 Å². The first-order valence-electron chi connectivity index (χ1n) is 4.57. The summed E-state index contributed by atoms with van der Waals surface area (Å²) in [5.41, 5.74) is 0. The van der Waals surface area contributed by atoms with Gasteiger partial charge >= 0.3 is 0 Å². The molecule has 68 valence electrons. The fraction of sp³-hybridized carbons (Fsp3) is 0.556. The van der Waals surface area contributed by atoms with Crippen LogP contribution in [-0.4, -0.2) is 18.1 Å². The Kier molecular flexibility index (Phi) is 3.49. The predicted octanol–water partition coefficient (Wildman–Crippen LogP) is 2.08. The summed E-state index contributed by atoms with van der Waals surface area (Å²) in [7, 11) is -1.48. The molecule has 0 aromatic carbocycles. The second-order valence-electron chi connectivity index (χ2n) is 4.18. The molecule has 0 aromatic heterocycles. The van der Waals surface area contributed by atoms with E-state index in [9.17, 15) is 0 Å². The molecule has 1 rings (SSSR count). The molecule has 0 bridgehead atoms. The van der Waals surface area contributed by atoms with E-state index in [1.54, 1.807) is 0 Å². The third-order valence-electron chi connectivity index (χ3n) is 1.81. The van der Waals surface area contributed by atoms with Gasteiger partial charge in [-0.2, -0.15) is 0 Å². The van der Waals surface area contributed by atoms with Crippen molar-refractivity contribution in [3.63, 3.8) is 0 Å². The normalized spacial score (nSPS) is 18.6. The summed E-state index contributed by atoms with van der Waals surface area (Å²) in [6.07, 6.45) is 8.79. The molecular formula is C9H18OSi2. The minimum atomic E-state index is -1.22. The van der Waals surface area contributed by atoms with Gasteiger partial charge in [0.25, 0.3) is 0 Å². The van der Waals surface area contributed by atoms with Crippen LogP contribution in [0.4, 0.5) is 0 Å². The van der Waals surface area contributed by atoms with Crippen LogP contribution in [0, 0.1) is 5.92 Å². The SMILES string of the molecule is C[Si](C)(C)O[SiH2]CC1C=CC=C1. The van der Waals surface area contributed by atoms with Crippen LogP contribution >= 0.6 is 0 Å². The second-order valence-corrected chi connectivity index (χ2v) is 10.5. The third-order valence-corrected chi connectivity index (χ3v) is 7.00. The summed E-state index contributed by atoms with van der Waals surface area (Å²) in [6, 6.07) is 1.28. The molecule has 3 heteroatoms. The summed E-state index contributed by atoms with van der Waals surface area (Å²) < 4.78 is 5.90. The van der Waals surface area contributed by atoms with Crippen molar-refractivity contribution >= 4 is 18.1 Å². The fourth-order valence-electron chi connectivity index (χ4n) is 1.17. The quantitative estimate of drug-likeness (QED) is 0.629. The van der Waals surface area contributed by atoms with Crippen molar-refractivity contribution in [3.05, 3.63) is 24.3 Å². The largest absolute Gasteiger partial charge is 0.461 e. The highest BCUT2D eigenvalue weighted by Crippen LogP contribution is 2.14. The van der Waals surface area contributed by atoms with E-state index < -0.39 is 8.32 Å². The molecule has 0 aromatic rings. The first kappa shape index (κ1) is 9.96. The fourth-order valence-corrected chi connectivity index (χ4v) is 4.75. The van der Waals surface area contributed by atoms with E-state index in [0.29, 0.717) is 5.92 Å². The lowest BCUT2D eigenvalue weighted by atomic mass is 10.2. The van der Waals surface area contributed by atoms with Crippen LogP contribution in [0.25, 0.3) is 0 Å². The van der Waals surface area contributed by atoms with Gasteiger partial charge in [-0.25, -0.2) is 0 Å². The molecule has 1 aliphatic carbocycles. The number of hydrogen-bond acceptors (Lipinski definition) is 1. The average Bonchev–Trinajstić information content (AvgIpc) is 2.36. The zero-order valence-corrected chi connectivity index (χ0v) is 10.6. The predicted molar refractivity (Wildman–Crippen MR) is 59.6 cm³/mol. The molecule has 0 atom stereocenters. The Morgan fingerprint density at radius 3 is 2.33 bits per heavy atom. The van der Waals surface area contributed by atoms with E-state index in [1.165, 1.54) is 6.04 Å². The molecule has 0 saturated carbocycles.